The van der Waals surface area contributed by atoms with Crippen molar-refractivity contribution in [2.45, 2.75) is 39.5 Å². The Morgan fingerprint density at radius 2 is 2.00 bits per heavy atom. The normalized spacial score (nSPS) is 25.0. The largest absolute Gasteiger partial charge is 0.364 e. The van der Waals surface area contributed by atoms with E-state index in [0.717, 1.165) is 24.3 Å². The van der Waals surface area contributed by atoms with Gasteiger partial charge >= 0.3 is 0 Å². The molecule has 7 heteroatoms. The highest BCUT2D eigenvalue weighted by Gasteiger charge is 2.26. The molecule has 3 rings (SSSR count). The second kappa shape index (κ2) is 6.40. The number of halogens is 2. The molecule has 0 amide bonds. The van der Waals surface area contributed by atoms with Crippen molar-refractivity contribution in [3.05, 3.63) is 43.9 Å². The summed E-state index contributed by atoms with van der Waals surface area (Å²) in [6, 6.07) is 1.56. The Hall–Kier alpha value is -1.14. The van der Waals surface area contributed by atoms with Crippen LogP contribution < -0.4 is 10.5 Å². The molecule has 5 nitrogen and oxygen atoms in total. The Morgan fingerprint density at radius 3 is 2.65 bits per heavy atom. The average Bonchev–Trinajstić information content (AvgIpc) is 2.45. The first-order chi connectivity index (χ1) is 10.8. The van der Waals surface area contributed by atoms with Crippen LogP contribution in [0.5, 0.6) is 0 Å². The average molecular weight is 357 g/mol. The van der Waals surface area contributed by atoms with E-state index in [4.69, 9.17) is 27.9 Å². The number of hydrogen-bond donors (Lipinski definition) is 1. The van der Waals surface area contributed by atoms with E-state index in [1.165, 1.54) is 9.30 Å². The van der Waals surface area contributed by atoms with Gasteiger partial charge in [0, 0.05) is 12.3 Å². The molecule has 0 unspecified atom stereocenters. The Labute approximate surface area is 144 Å². The summed E-state index contributed by atoms with van der Waals surface area (Å²) in [7, 11) is 0. The molecule has 1 aliphatic heterocycles. The number of nitrogens with one attached hydrogen (secondary N) is 1. The Bertz CT molecular complexity index is 796. The van der Waals surface area contributed by atoms with Crippen molar-refractivity contribution in [3.8, 4) is 0 Å². The summed E-state index contributed by atoms with van der Waals surface area (Å²) in [6.45, 7) is 8.45. The summed E-state index contributed by atoms with van der Waals surface area (Å²) >= 11 is 12.4. The van der Waals surface area contributed by atoms with Gasteiger partial charge in [0.15, 0.2) is 5.65 Å². The molecule has 0 saturated carbocycles. The maximum absolute atomic E-state index is 12.4. The number of pyridine rings is 1. The summed E-state index contributed by atoms with van der Waals surface area (Å²) in [5.41, 5.74) is 1.78. The Morgan fingerprint density at radius 1 is 1.35 bits per heavy atom. The van der Waals surface area contributed by atoms with E-state index in [2.05, 4.69) is 18.8 Å². The van der Waals surface area contributed by atoms with Gasteiger partial charge in [-0.05, 0) is 26.3 Å². The van der Waals surface area contributed by atoms with Crippen LogP contribution in [0.1, 0.15) is 25.1 Å². The molecular weight excluding hydrogens is 337 g/mol. The molecule has 0 aromatic carbocycles. The third kappa shape index (κ3) is 3.38. The Balaban J connectivity index is 1.98. The molecule has 23 heavy (non-hydrogen) atoms. The van der Waals surface area contributed by atoms with E-state index >= 15 is 0 Å². The minimum atomic E-state index is -0.164. The van der Waals surface area contributed by atoms with Crippen LogP contribution in [-0.4, -0.2) is 34.7 Å². The van der Waals surface area contributed by atoms with Crippen LogP contribution in [0.25, 0.3) is 5.65 Å². The molecule has 0 radical (unpaired) electrons. The topological polar surface area (TPSA) is 48.0 Å². The summed E-state index contributed by atoms with van der Waals surface area (Å²) < 4.78 is 7.16. The van der Waals surface area contributed by atoms with E-state index in [0.29, 0.717) is 22.2 Å². The maximum atomic E-state index is 12.4. The number of hydrogen-bond acceptors (Lipinski definition) is 3. The van der Waals surface area contributed by atoms with E-state index in [1.54, 1.807) is 12.3 Å². The molecule has 1 N–H and O–H groups in total. The molecule has 2 atom stereocenters. The highest BCUT2D eigenvalue weighted by atomic mass is 35.5. The fraction of sp³-hybridized carbons (Fsp3) is 0.500. The highest BCUT2D eigenvalue weighted by molar-refractivity contribution is 6.37. The number of fused-ring (bicyclic) bond motifs is 1. The van der Waals surface area contributed by atoms with Gasteiger partial charge in [-0.1, -0.05) is 23.2 Å². The number of rotatable bonds is 2. The predicted molar refractivity (Wildman–Crippen MR) is 90.6 cm³/mol. The summed E-state index contributed by atoms with van der Waals surface area (Å²) in [6.07, 6.45) is 1.99. The van der Waals surface area contributed by atoms with Crippen LogP contribution in [0.3, 0.4) is 0 Å². The lowest BCUT2D eigenvalue weighted by Crippen LogP contribution is -3.14. The van der Waals surface area contributed by atoms with Crippen LogP contribution in [0.2, 0.25) is 10.0 Å². The van der Waals surface area contributed by atoms with Crippen LogP contribution >= 0.6 is 23.2 Å². The smallest absolute Gasteiger partial charge is 0.258 e. The van der Waals surface area contributed by atoms with E-state index < -0.39 is 0 Å². The van der Waals surface area contributed by atoms with Crippen LogP contribution in [0.4, 0.5) is 0 Å². The molecule has 1 saturated heterocycles. The van der Waals surface area contributed by atoms with Crippen molar-refractivity contribution in [2.24, 2.45) is 0 Å². The van der Waals surface area contributed by atoms with Crippen molar-refractivity contribution in [2.75, 3.05) is 13.1 Å². The van der Waals surface area contributed by atoms with E-state index in [-0.39, 0.29) is 17.8 Å². The van der Waals surface area contributed by atoms with Gasteiger partial charge in [0.1, 0.15) is 37.5 Å². The zero-order valence-corrected chi connectivity index (χ0v) is 14.9. The second-order valence-electron chi connectivity index (χ2n) is 6.29. The first-order valence-electron chi connectivity index (χ1n) is 7.71. The van der Waals surface area contributed by atoms with Gasteiger partial charge in [0.2, 0.25) is 0 Å². The van der Waals surface area contributed by atoms with Crippen molar-refractivity contribution < 1.29 is 9.64 Å². The quantitative estimate of drug-likeness (QED) is 0.886. The number of ether oxygens (including phenoxy) is 1. The molecular formula is C16H20Cl2N3O2+. The van der Waals surface area contributed by atoms with Crippen molar-refractivity contribution in [1.29, 1.82) is 0 Å². The molecule has 124 valence electrons. The molecule has 2 aromatic rings. The van der Waals surface area contributed by atoms with Gasteiger partial charge in [-0.15, -0.1) is 0 Å². The standard InChI is InChI=1S/C16H19Cl2N3O2/c1-9-5-20(6-10(2)23-9)7-12-4-14(22)21-8-13(17)11(3)15(18)16(21)19-12/h4,8-10H,5-7H2,1-3H3/p+1/t9-,10-/m0/s1. The maximum Gasteiger partial charge on any atom is 0.258 e. The molecule has 1 aliphatic rings. The zero-order chi connectivity index (χ0) is 16.7. The van der Waals surface area contributed by atoms with Crippen molar-refractivity contribution in [3.63, 3.8) is 0 Å². The monoisotopic (exact) mass is 356 g/mol. The minimum absolute atomic E-state index is 0.164. The number of quaternary nitrogens is 1. The third-order valence-electron chi connectivity index (χ3n) is 4.18. The SMILES string of the molecule is Cc1c(Cl)cn2c(=O)cc(C[NH+]3C[C@H](C)O[C@@H](C)C3)nc2c1Cl. The molecule has 1 fully saturated rings. The van der Waals surface area contributed by atoms with Gasteiger partial charge < -0.3 is 9.64 Å². The lowest BCUT2D eigenvalue weighted by atomic mass is 10.2. The van der Waals surface area contributed by atoms with Gasteiger partial charge in [0.05, 0.1) is 10.0 Å². The number of morpholine rings is 1. The molecule has 3 heterocycles. The van der Waals surface area contributed by atoms with E-state index in [1.807, 2.05) is 6.92 Å². The predicted octanol–water partition coefficient (Wildman–Crippen LogP) is 1.50. The molecule has 0 aliphatic carbocycles. The number of nitrogens with zero attached hydrogens (tertiary/aromatic N) is 2. The lowest BCUT2D eigenvalue weighted by molar-refractivity contribution is -0.928. The fourth-order valence-corrected chi connectivity index (χ4v) is 3.66. The minimum Gasteiger partial charge on any atom is -0.364 e. The van der Waals surface area contributed by atoms with Gasteiger partial charge in [-0.2, -0.15) is 0 Å². The van der Waals surface area contributed by atoms with Crippen LogP contribution in [-0.2, 0) is 11.3 Å². The van der Waals surface area contributed by atoms with Crippen LogP contribution in [0.15, 0.2) is 17.1 Å². The zero-order valence-electron chi connectivity index (χ0n) is 13.4. The lowest BCUT2D eigenvalue weighted by Gasteiger charge is -2.32. The van der Waals surface area contributed by atoms with Gasteiger partial charge in [0.25, 0.3) is 5.56 Å². The second-order valence-corrected chi connectivity index (χ2v) is 7.07. The highest BCUT2D eigenvalue weighted by Crippen LogP contribution is 2.26. The van der Waals surface area contributed by atoms with Gasteiger partial charge in [-0.3, -0.25) is 9.20 Å². The third-order valence-corrected chi connectivity index (χ3v) is 5.01. The Kier molecular flexibility index (Phi) is 4.65. The summed E-state index contributed by atoms with van der Waals surface area (Å²) in [5, 5.41) is 0.885. The first kappa shape index (κ1) is 16.7. The summed E-state index contributed by atoms with van der Waals surface area (Å²) in [4.78, 5) is 18.3. The van der Waals surface area contributed by atoms with Crippen LogP contribution in [0, 0.1) is 6.92 Å². The molecule has 0 spiro atoms. The van der Waals surface area contributed by atoms with E-state index in [9.17, 15) is 4.79 Å². The number of aromatic nitrogens is 2. The molecule has 0 bridgehead atoms. The summed E-state index contributed by atoms with van der Waals surface area (Å²) in [5.74, 6) is 0. The first-order valence-corrected chi connectivity index (χ1v) is 8.46. The van der Waals surface area contributed by atoms with Crippen molar-refractivity contribution >= 4 is 28.8 Å². The molecule has 2 aromatic heterocycles. The van der Waals surface area contributed by atoms with Gasteiger partial charge in [-0.25, -0.2) is 4.98 Å². The fourth-order valence-electron chi connectivity index (χ4n) is 3.18. The van der Waals surface area contributed by atoms with Crippen molar-refractivity contribution in [1.82, 2.24) is 9.38 Å².